The summed E-state index contributed by atoms with van der Waals surface area (Å²) in [6, 6.07) is 10.7. The Morgan fingerprint density at radius 1 is 1.16 bits per heavy atom. The molecule has 2 N–H and O–H groups in total. The van der Waals surface area contributed by atoms with Gasteiger partial charge >= 0.3 is 0 Å². The van der Waals surface area contributed by atoms with E-state index in [2.05, 4.69) is 25.9 Å². The number of nitrogens with zero attached hydrogens (tertiary/aromatic N) is 3. The fourth-order valence-corrected chi connectivity index (χ4v) is 3.91. The molecule has 168 valence electrons. The van der Waals surface area contributed by atoms with Gasteiger partial charge in [-0.1, -0.05) is 40.6 Å². The SMILES string of the molecule is COCCNC(=O)[C@H]1C[C@H](NC(=O)c2cc(C)on2)[C@H](c2nc(-c3ccccc3)no2)C1. The highest BCUT2D eigenvalue weighted by Gasteiger charge is 2.42. The number of hydrogen-bond acceptors (Lipinski definition) is 8. The lowest BCUT2D eigenvalue weighted by Gasteiger charge is -2.17. The quantitative estimate of drug-likeness (QED) is 0.510. The molecule has 10 heteroatoms. The van der Waals surface area contributed by atoms with Crippen molar-refractivity contribution >= 4 is 11.8 Å². The third-order valence-electron chi connectivity index (χ3n) is 5.51. The molecule has 0 spiro atoms. The number of aryl methyl sites for hydroxylation is 1. The van der Waals surface area contributed by atoms with Crippen molar-refractivity contribution in [1.29, 1.82) is 0 Å². The number of hydrogen-bond donors (Lipinski definition) is 2. The molecule has 0 radical (unpaired) electrons. The number of carbonyl (C=O) groups is 2. The van der Waals surface area contributed by atoms with E-state index in [1.54, 1.807) is 20.1 Å². The first-order valence-electron chi connectivity index (χ1n) is 10.4. The molecule has 2 amide bonds. The number of nitrogens with one attached hydrogen (secondary N) is 2. The molecule has 1 fully saturated rings. The number of methoxy groups -OCH3 is 1. The Balaban J connectivity index is 1.53. The lowest BCUT2D eigenvalue weighted by Crippen LogP contribution is -2.37. The Morgan fingerprint density at radius 2 is 1.97 bits per heavy atom. The van der Waals surface area contributed by atoms with E-state index < -0.39 is 0 Å². The topological polar surface area (TPSA) is 132 Å². The molecule has 2 aromatic heterocycles. The van der Waals surface area contributed by atoms with Crippen molar-refractivity contribution in [3.8, 4) is 11.4 Å². The first-order chi connectivity index (χ1) is 15.5. The van der Waals surface area contributed by atoms with E-state index in [1.165, 1.54) is 0 Å². The van der Waals surface area contributed by atoms with Crippen LogP contribution in [0.1, 0.15) is 40.9 Å². The first-order valence-corrected chi connectivity index (χ1v) is 10.4. The van der Waals surface area contributed by atoms with Gasteiger partial charge in [0.15, 0.2) is 5.69 Å². The van der Waals surface area contributed by atoms with E-state index in [4.69, 9.17) is 13.8 Å². The molecular formula is C22H25N5O5. The van der Waals surface area contributed by atoms with E-state index in [9.17, 15) is 9.59 Å². The molecule has 0 unspecified atom stereocenters. The Morgan fingerprint density at radius 3 is 2.69 bits per heavy atom. The third kappa shape index (κ3) is 4.86. The molecule has 0 aliphatic heterocycles. The number of benzene rings is 1. The molecule has 0 bridgehead atoms. The van der Waals surface area contributed by atoms with E-state index in [0.717, 1.165) is 5.56 Å². The average molecular weight is 439 g/mol. The van der Waals surface area contributed by atoms with Gasteiger partial charge in [-0.15, -0.1) is 0 Å². The summed E-state index contributed by atoms with van der Waals surface area (Å²) in [7, 11) is 1.58. The zero-order chi connectivity index (χ0) is 22.5. The minimum absolute atomic E-state index is 0.0936. The average Bonchev–Trinajstić information content (AvgIpc) is 3.54. The second-order valence-electron chi connectivity index (χ2n) is 7.78. The van der Waals surface area contributed by atoms with Crippen LogP contribution < -0.4 is 10.6 Å². The van der Waals surface area contributed by atoms with Gasteiger partial charge in [0.25, 0.3) is 5.91 Å². The standard InChI is InChI=1S/C22H25N5O5/c1-13-10-18(26-31-13)21(29)24-17-12-15(20(28)23-8-9-30-2)11-16(17)22-25-19(27-32-22)14-6-4-3-5-7-14/h3-7,10,15-17H,8-9,11-12H2,1-2H3,(H,23,28)(H,24,29)/t15-,16-,17+/m1/s1. The number of rotatable bonds is 8. The molecule has 4 rings (SSSR count). The van der Waals surface area contributed by atoms with Gasteiger partial charge in [-0.25, -0.2) is 0 Å². The van der Waals surface area contributed by atoms with Crippen LogP contribution in [0.5, 0.6) is 0 Å². The van der Waals surface area contributed by atoms with Crippen molar-refractivity contribution in [3.63, 3.8) is 0 Å². The highest BCUT2D eigenvalue weighted by molar-refractivity contribution is 5.92. The van der Waals surface area contributed by atoms with Crippen molar-refractivity contribution in [3.05, 3.63) is 53.7 Å². The van der Waals surface area contributed by atoms with Gasteiger partial charge in [-0.2, -0.15) is 4.98 Å². The molecule has 1 aliphatic carbocycles. The van der Waals surface area contributed by atoms with Crippen molar-refractivity contribution in [2.24, 2.45) is 5.92 Å². The number of amides is 2. The maximum atomic E-state index is 12.7. The third-order valence-corrected chi connectivity index (χ3v) is 5.51. The molecule has 1 aromatic carbocycles. The molecular weight excluding hydrogens is 414 g/mol. The van der Waals surface area contributed by atoms with Crippen molar-refractivity contribution in [1.82, 2.24) is 25.9 Å². The van der Waals surface area contributed by atoms with Crippen molar-refractivity contribution in [2.75, 3.05) is 20.3 Å². The maximum Gasteiger partial charge on any atom is 0.273 e. The van der Waals surface area contributed by atoms with E-state index in [-0.39, 0.29) is 35.4 Å². The summed E-state index contributed by atoms with van der Waals surface area (Å²) in [6.07, 6.45) is 0.910. The summed E-state index contributed by atoms with van der Waals surface area (Å²) < 4.78 is 15.5. The highest BCUT2D eigenvalue weighted by Crippen LogP contribution is 2.39. The van der Waals surface area contributed by atoms with Gasteiger partial charge in [-0.3, -0.25) is 9.59 Å². The summed E-state index contributed by atoms with van der Waals surface area (Å²) in [5.41, 5.74) is 1.01. The van der Waals surface area contributed by atoms with Gasteiger partial charge in [-0.05, 0) is 19.8 Å². The van der Waals surface area contributed by atoms with Crippen LogP contribution in [-0.4, -0.2) is 53.4 Å². The lowest BCUT2D eigenvalue weighted by atomic mass is 10.0. The summed E-state index contributed by atoms with van der Waals surface area (Å²) in [6.45, 7) is 2.56. The molecule has 3 aromatic rings. The highest BCUT2D eigenvalue weighted by atomic mass is 16.5. The van der Waals surface area contributed by atoms with Crippen molar-refractivity contribution < 1.29 is 23.4 Å². The minimum Gasteiger partial charge on any atom is -0.383 e. The van der Waals surface area contributed by atoms with Crippen LogP contribution in [-0.2, 0) is 9.53 Å². The van der Waals surface area contributed by atoms with E-state index in [0.29, 0.717) is 43.5 Å². The second kappa shape index (κ2) is 9.73. The fraction of sp³-hybridized carbons (Fsp3) is 0.409. The van der Waals surface area contributed by atoms with Crippen LogP contribution in [0.4, 0.5) is 0 Å². The Hall–Kier alpha value is -3.53. The van der Waals surface area contributed by atoms with Crippen LogP contribution in [0.25, 0.3) is 11.4 Å². The van der Waals surface area contributed by atoms with E-state index in [1.807, 2.05) is 30.3 Å². The van der Waals surface area contributed by atoms with Crippen LogP contribution in [0.3, 0.4) is 0 Å². The largest absolute Gasteiger partial charge is 0.383 e. The van der Waals surface area contributed by atoms with Gasteiger partial charge < -0.3 is 24.4 Å². The zero-order valence-electron chi connectivity index (χ0n) is 17.9. The predicted molar refractivity (Wildman–Crippen MR) is 113 cm³/mol. The monoisotopic (exact) mass is 439 g/mol. The van der Waals surface area contributed by atoms with Crippen molar-refractivity contribution in [2.45, 2.75) is 31.7 Å². The number of ether oxygens (including phenoxy) is 1. The molecule has 1 aliphatic rings. The Labute approximate surface area is 184 Å². The van der Waals surface area contributed by atoms with Crippen LogP contribution in [0.15, 0.2) is 45.4 Å². The second-order valence-corrected chi connectivity index (χ2v) is 7.78. The molecule has 32 heavy (non-hydrogen) atoms. The van der Waals surface area contributed by atoms with Crippen LogP contribution in [0.2, 0.25) is 0 Å². The molecule has 2 heterocycles. The summed E-state index contributed by atoms with van der Waals surface area (Å²) in [4.78, 5) is 29.9. The summed E-state index contributed by atoms with van der Waals surface area (Å²) in [5.74, 6) is 0.300. The first kappa shape index (κ1) is 21.7. The van der Waals surface area contributed by atoms with E-state index >= 15 is 0 Å². The lowest BCUT2D eigenvalue weighted by molar-refractivity contribution is -0.125. The normalized spacial score (nSPS) is 20.2. The Bertz CT molecular complexity index is 1060. The number of aromatic nitrogens is 3. The fourth-order valence-electron chi connectivity index (χ4n) is 3.91. The van der Waals surface area contributed by atoms with Gasteiger partial charge in [0.1, 0.15) is 5.76 Å². The van der Waals surface area contributed by atoms with Gasteiger partial charge in [0.2, 0.25) is 17.6 Å². The number of carbonyl (C=O) groups excluding carboxylic acids is 2. The molecule has 0 saturated heterocycles. The molecule has 1 saturated carbocycles. The summed E-state index contributed by atoms with van der Waals surface area (Å²) in [5, 5.41) is 13.7. The van der Waals surface area contributed by atoms with Gasteiger partial charge in [0, 0.05) is 37.2 Å². The Kier molecular flexibility index (Phi) is 6.60. The van der Waals surface area contributed by atoms with Gasteiger partial charge in [0.05, 0.1) is 12.5 Å². The van der Waals surface area contributed by atoms with Crippen LogP contribution >= 0.6 is 0 Å². The smallest absolute Gasteiger partial charge is 0.273 e. The van der Waals surface area contributed by atoms with Crippen LogP contribution in [0, 0.1) is 12.8 Å². The predicted octanol–water partition coefficient (Wildman–Crippen LogP) is 2.09. The minimum atomic E-state index is -0.375. The maximum absolute atomic E-state index is 12.7. The summed E-state index contributed by atoms with van der Waals surface area (Å²) >= 11 is 0. The molecule has 10 nitrogen and oxygen atoms in total. The molecule has 3 atom stereocenters. The zero-order valence-corrected chi connectivity index (χ0v) is 17.9.